The lowest BCUT2D eigenvalue weighted by Gasteiger charge is -2.32. The highest BCUT2D eigenvalue weighted by Gasteiger charge is 2.18. The van der Waals surface area contributed by atoms with Crippen molar-refractivity contribution in [2.75, 3.05) is 64.1 Å². The summed E-state index contributed by atoms with van der Waals surface area (Å²) in [6.07, 6.45) is 5.36. The molecule has 3 rings (SSSR count). The van der Waals surface area contributed by atoms with Crippen LogP contribution in [0.1, 0.15) is 44.6 Å². The number of hydrogen-bond donors (Lipinski definition) is 3. The van der Waals surface area contributed by atoms with Crippen LogP contribution in [0.4, 0.5) is 5.69 Å². The molecule has 0 amide bonds. The van der Waals surface area contributed by atoms with Crippen LogP contribution in [0.2, 0.25) is 0 Å². The molecule has 2 aliphatic rings. The van der Waals surface area contributed by atoms with Gasteiger partial charge in [-0.25, -0.2) is 4.99 Å². The molecular weight excluding hydrogens is 404 g/mol. The first-order valence-electron chi connectivity index (χ1n) is 12.4. The third kappa shape index (κ3) is 8.60. The van der Waals surface area contributed by atoms with Crippen molar-refractivity contribution in [3.8, 4) is 0 Å². The van der Waals surface area contributed by atoms with E-state index in [4.69, 9.17) is 14.5 Å². The molecule has 2 fully saturated rings. The Morgan fingerprint density at radius 1 is 1.09 bits per heavy atom. The Morgan fingerprint density at radius 2 is 1.84 bits per heavy atom. The molecule has 7 nitrogen and oxygen atoms in total. The SMILES string of the molecule is CCNC(=NCc1ccc(N2CCC(CO)CC2)cc1)NCCCOCC1CCOCC1. The van der Waals surface area contributed by atoms with Gasteiger partial charge in [0.25, 0.3) is 0 Å². The summed E-state index contributed by atoms with van der Waals surface area (Å²) >= 11 is 0. The van der Waals surface area contributed by atoms with E-state index in [1.807, 2.05) is 0 Å². The minimum atomic E-state index is 0.316. The van der Waals surface area contributed by atoms with Crippen LogP contribution in [0.3, 0.4) is 0 Å². The van der Waals surface area contributed by atoms with Gasteiger partial charge in [0.05, 0.1) is 6.54 Å². The predicted octanol–water partition coefficient (Wildman–Crippen LogP) is 2.78. The molecule has 0 atom stereocenters. The summed E-state index contributed by atoms with van der Waals surface area (Å²) in [5.74, 6) is 1.98. The zero-order valence-corrected chi connectivity index (χ0v) is 19.7. The van der Waals surface area contributed by atoms with E-state index in [1.54, 1.807) is 0 Å². The van der Waals surface area contributed by atoms with E-state index in [2.05, 4.69) is 46.7 Å². The second kappa shape index (κ2) is 14.3. The number of rotatable bonds is 11. The van der Waals surface area contributed by atoms with E-state index in [0.717, 1.165) is 90.7 Å². The van der Waals surface area contributed by atoms with Crippen molar-refractivity contribution < 1.29 is 14.6 Å². The maximum absolute atomic E-state index is 9.32. The normalized spacial score (nSPS) is 18.7. The molecule has 0 spiro atoms. The molecule has 0 saturated carbocycles. The van der Waals surface area contributed by atoms with Gasteiger partial charge in [-0.3, -0.25) is 0 Å². The molecule has 7 heteroatoms. The second-order valence-corrected chi connectivity index (χ2v) is 8.89. The molecule has 1 aromatic carbocycles. The lowest BCUT2D eigenvalue weighted by Crippen LogP contribution is -2.38. The Bertz CT molecular complexity index is 654. The van der Waals surface area contributed by atoms with Gasteiger partial charge in [0, 0.05) is 64.9 Å². The van der Waals surface area contributed by atoms with Gasteiger partial charge >= 0.3 is 0 Å². The Kier molecular flexibility index (Phi) is 11.1. The van der Waals surface area contributed by atoms with Crippen LogP contribution < -0.4 is 15.5 Å². The number of hydrogen-bond acceptors (Lipinski definition) is 5. The van der Waals surface area contributed by atoms with Gasteiger partial charge in [0.2, 0.25) is 0 Å². The van der Waals surface area contributed by atoms with Crippen molar-refractivity contribution >= 4 is 11.6 Å². The first kappa shape index (κ1) is 24.8. The Hall–Kier alpha value is -1.83. The van der Waals surface area contributed by atoms with Crippen LogP contribution >= 0.6 is 0 Å². The highest BCUT2D eigenvalue weighted by Crippen LogP contribution is 2.23. The number of piperidine rings is 1. The first-order chi connectivity index (χ1) is 15.8. The maximum atomic E-state index is 9.32. The molecule has 3 N–H and O–H groups in total. The molecule has 2 heterocycles. The zero-order chi connectivity index (χ0) is 22.4. The molecule has 180 valence electrons. The van der Waals surface area contributed by atoms with Gasteiger partial charge in [0.1, 0.15) is 0 Å². The van der Waals surface area contributed by atoms with Crippen molar-refractivity contribution in [3.63, 3.8) is 0 Å². The fourth-order valence-corrected chi connectivity index (χ4v) is 4.24. The number of aliphatic hydroxyl groups excluding tert-OH is 1. The van der Waals surface area contributed by atoms with Crippen molar-refractivity contribution in [2.45, 2.75) is 45.6 Å². The topological polar surface area (TPSA) is 78.4 Å². The van der Waals surface area contributed by atoms with Gasteiger partial charge in [0.15, 0.2) is 5.96 Å². The quantitative estimate of drug-likeness (QED) is 0.276. The van der Waals surface area contributed by atoms with E-state index in [-0.39, 0.29) is 0 Å². The molecular formula is C25H42N4O3. The lowest BCUT2D eigenvalue weighted by molar-refractivity contribution is 0.0203. The third-order valence-corrected chi connectivity index (χ3v) is 6.39. The average Bonchev–Trinajstić information content (AvgIpc) is 2.85. The van der Waals surface area contributed by atoms with Crippen LogP contribution in [0.25, 0.3) is 0 Å². The van der Waals surface area contributed by atoms with E-state index in [9.17, 15) is 5.11 Å². The summed E-state index contributed by atoms with van der Waals surface area (Å²) in [5.41, 5.74) is 2.47. The second-order valence-electron chi connectivity index (χ2n) is 8.89. The fourth-order valence-electron chi connectivity index (χ4n) is 4.24. The highest BCUT2D eigenvalue weighted by molar-refractivity contribution is 5.79. The molecule has 2 saturated heterocycles. The van der Waals surface area contributed by atoms with Crippen LogP contribution in [0.15, 0.2) is 29.3 Å². The lowest BCUT2D eigenvalue weighted by atomic mass is 9.97. The van der Waals surface area contributed by atoms with Gasteiger partial charge in [-0.1, -0.05) is 12.1 Å². The van der Waals surface area contributed by atoms with Crippen LogP contribution in [0, 0.1) is 11.8 Å². The number of aliphatic hydroxyl groups is 1. The predicted molar refractivity (Wildman–Crippen MR) is 130 cm³/mol. The molecule has 32 heavy (non-hydrogen) atoms. The summed E-state index contributed by atoms with van der Waals surface area (Å²) in [4.78, 5) is 7.15. The Balaban J connectivity index is 1.35. The first-order valence-corrected chi connectivity index (χ1v) is 12.4. The highest BCUT2D eigenvalue weighted by atomic mass is 16.5. The summed E-state index contributed by atoms with van der Waals surface area (Å²) in [6, 6.07) is 8.73. The standard InChI is InChI=1S/C25H42N4O3/c1-2-26-25(27-12-3-15-32-20-23-10-16-31-17-11-23)28-18-21-4-6-24(7-5-21)29-13-8-22(19-30)9-14-29/h4-7,22-23,30H,2-3,8-20H2,1H3,(H2,26,27,28). The molecule has 0 aliphatic carbocycles. The number of guanidine groups is 1. The van der Waals surface area contributed by atoms with E-state index in [1.165, 1.54) is 11.3 Å². The molecule has 1 aromatic rings. The molecule has 0 radical (unpaired) electrons. The van der Waals surface area contributed by atoms with Gasteiger partial charge in [-0.15, -0.1) is 0 Å². The molecule has 0 bridgehead atoms. The molecule has 2 aliphatic heterocycles. The summed E-state index contributed by atoms with van der Waals surface area (Å²) in [5, 5.41) is 16.1. The van der Waals surface area contributed by atoms with Crippen molar-refractivity contribution in [2.24, 2.45) is 16.8 Å². The monoisotopic (exact) mass is 446 g/mol. The van der Waals surface area contributed by atoms with Crippen molar-refractivity contribution in [3.05, 3.63) is 29.8 Å². The summed E-state index contributed by atoms with van der Waals surface area (Å²) < 4.78 is 11.2. The smallest absolute Gasteiger partial charge is 0.191 e. The third-order valence-electron chi connectivity index (χ3n) is 6.39. The van der Waals surface area contributed by atoms with Gasteiger partial charge < -0.3 is 30.1 Å². The van der Waals surface area contributed by atoms with Gasteiger partial charge in [-0.2, -0.15) is 0 Å². The van der Waals surface area contributed by atoms with E-state index in [0.29, 0.717) is 25.0 Å². The fraction of sp³-hybridized carbons (Fsp3) is 0.720. The number of ether oxygens (including phenoxy) is 2. The van der Waals surface area contributed by atoms with Gasteiger partial charge in [-0.05, 0) is 68.6 Å². The number of anilines is 1. The molecule has 0 unspecified atom stereocenters. The van der Waals surface area contributed by atoms with Crippen molar-refractivity contribution in [1.82, 2.24) is 10.6 Å². The molecule has 0 aromatic heterocycles. The summed E-state index contributed by atoms with van der Waals surface area (Å²) in [7, 11) is 0. The summed E-state index contributed by atoms with van der Waals surface area (Å²) in [6.45, 7) is 10.2. The van der Waals surface area contributed by atoms with E-state index >= 15 is 0 Å². The number of benzene rings is 1. The Labute approximate surface area is 193 Å². The Morgan fingerprint density at radius 3 is 2.53 bits per heavy atom. The average molecular weight is 447 g/mol. The minimum Gasteiger partial charge on any atom is -0.396 e. The number of aliphatic imine (C=N–C) groups is 1. The van der Waals surface area contributed by atoms with Crippen LogP contribution in [-0.2, 0) is 16.0 Å². The van der Waals surface area contributed by atoms with Crippen LogP contribution in [-0.4, -0.2) is 70.3 Å². The van der Waals surface area contributed by atoms with Crippen LogP contribution in [0.5, 0.6) is 0 Å². The largest absolute Gasteiger partial charge is 0.396 e. The number of nitrogens with one attached hydrogen (secondary N) is 2. The number of nitrogens with zero attached hydrogens (tertiary/aromatic N) is 2. The maximum Gasteiger partial charge on any atom is 0.191 e. The zero-order valence-electron chi connectivity index (χ0n) is 19.7. The van der Waals surface area contributed by atoms with Crippen molar-refractivity contribution in [1.29, 1.82) is 0 Å². The minimum absolute atomic E-state index is 0.316. The van der Waals surface area contributed by atoms with E-state index < -0.39 is 0 Å².